The molecule has 1 nitrogen and oxygen atoms in total. The van der Waals surface area contributed by atoms with Crippen molar-refractivity contribution in [2.75, 3.05) is 5.75 Å². The van der Waals surface area contributed by atoms with Crippen LogP contribution in [0.4, 0.5) is 0 Å². The molecule has 0 bridgehead atoms. The molecule has 2 aliphatic rings. The van der Waals surface area contributed by atoms with Crippen LogP contribution in [-0.4, -0.2) is 23.3 Å². The molecule has 0 N–H and O–H groups in total. The molecule has 1 heterocycles. The molecular formula is C8H8NS. The van der Waals surface area contributed by atoms with Gasteiger partial charge in [-0.05, 0) is 0 Å². The van der Waals surface area contributed by atoms with Gasteiger partial charge in [0.2, 0.25) is 0 Å². The lowest BCUT2D eigenvalue weighted by Crippen LogP contribution is -2.23. The van der Waals surface area contributed by atoms with Gasteiger partial charge in [-0.2, -0.15) is 0 Å². The van der Waals surface area contributed by atoms with Crippen molar-refractivity contribution in [3.8, 4) is 0 Å². The SMILES string of the molecule is [C]1=NC2C=CC=CC2SC1. The maximum absolute atomic E-state index is 4.24. The second-order valence-corrected chi connectivity index (χ2v) is 3.49. The lowest BCUT2D eigenvalue weighted by Gasteiger charge is -2.22. The van der Waals surface area contributed by atoms with Gasteiger partial charge in [0, 0.05) is 11.0 Å². The predicted molar refractivity (Wildman–Crippen MR) is 45.7 cm³/mol. The van der Waals surface area contributed by atoms with Crippen molar-refractivity contribution in [2.45, 2.75) is 11.3 Å². The summed E-state index contributed by atoms with van der Waals surface area (Å²) < 4.78 is 0. The summed E-state index contributed by atoms with van der Waals surface area (Å²) in [5, 5.41) is 0.575. The second kappa shape index (κ2) is 2.62. The molecule has 51 valence electrons. The Morgan fingerprint density at radius 3 is 3.20 bits per heavy atom. The molecule has 2 rings (SSSR count). The van der Waals surface area contributed by atoms with Crippen LogP contribution in [0.2, 0.25) is 0 Å². The number of hydrogen-bond acceptors (Lipinski definition) is 2. The summed E-state index contributed by atoms with van der Waals surface area (Å²) in [7, 11) is 0. The molecule has 2 unspecified atom stereocenters. The van der Waals surface area contributed by atoms with E-state index in [0.717, 1.165) is 5.75 Å². The highest BCUT2D eigenvalue weighted by molar-refractivity contribution is 8.00. The maximum atomic E-state index is 4.24. The summed E-state index contributed by atoms with van der Waals surface area (Å²) in [5.74, 6) is 0.944. The van der Waals surface area contributed by atoms with Crippen LogP contribution in [-0.2, 0) is 0 Å². The summed E-state index contributed by atoms with van der Waals surface area (Å²) >= 11 is 1.90. The Morgan fingerprint density at radius 2 is 2.30 bits per heavy atom. The Morgan fingerprint density at radius 1 is 1.40 bits per heavy atom. The Labute approximate surface area is 64.9 Å². The van der Waals surface area contributed by atoms with Gasteiger partial charge in [-0.25, -0.2) is 0 Å². The third kappa shape index (κ3) is 1.03. The minimum absolute atomic E-state index is 0.365. The number of hydrogen-bond donors (Lipinski definition) is 0. The first-order valence-corrected chi connectivity index (χ1v) is 4.41. The minimum Gasteiger partial charge on any atom is -0.278 e. The van der Waals surface area contributed by atoms with Gasteiger partial charge >= 0.3 is 0 Å². The van der Waals surface area contributed by atoms with E-state index in [1.807, 2.05) is 11.8 Å². The van der Waals surface area contributed by atoms with Gasteiger partial charge in [-0.3, -0.25) is 4.99 Å². The van der Waals surface area contributed by atoms with Crippen LogP contribution in [0.3, 0.4) is 0 Å². The van der Waals surface area contributed by atoms with E-state index in [0.29, 0.717) is 11.3 Å². The van der Waals surface area contributed by atoms with Crippen molar-refractivity contribution in [3.63, 3.8) is 0 Å². The van der Waals surface area contributed by atoms with Crippen LogP contribution in [0.15, 0.2) is 29.3 Å². The van der Waals surface area contributed by atoms with Gasteiger partial charge in [0.25, 0.3) is 0 Å². The quantitative estimate of drug-likeness (QED) is 0.510. The molecule has 0 aromatic rings. The molecule has 0 fully saturated rings. The van der Waals surface area contributed by atoms with E-state index in [4.69, 9.17) is 0 Å². The first-order valence-electron chi connectivity index (χ1n) is 3.36. The lowest BCUT2D eigenvalue weighted by molar-refractivity contribution is 0.840. The van der Waals surface area contributed by atoms with Crippen molar-refractivity contribution in [1.82, 2.24) is 0 Å². The molecule has 0 aromatic carbocycles. The summed E-state index contributed by atoms with van der Waals surface area (Å²) in [5.41, 5.74) is 0. The Kier molecular flexibility index (Phi) is 1.63. The zero-order chi connectivity index (χ0) is 6.81. The minimum atomic E-state index is 0.365. The van der Waals surface area contributed by atoms with Crippen molar-refractivity contribution in [1.29, 1.82) is 0 Å². The first-order chi connectivity index (χ1) is 4.97. The zero-order valence-corrected chi connectivity index (χ0v) is 6.34. The molecule has 10 heavy (non-hydrogen) atoms. The van der Waals surface area contributed by atoms with Crippen molar-refractivity contribution < 1.29 is 0 Å². The third-order valence-electron chi connectivity index (χ3n) is 1.64. The highest BCUT2D eigenvalue weighted by atomic mass is 32.2. The molecule has 0 saturated carbocycles. The largest absolute Gasteiger partial charge is 0.278 e. The zero-order valence-electron chi connectivity index (χ0n) is 5.53. The van der Waals surface area contributed by atoms with Crippen LogP contribution < -0.4 is 0 Å². The fourth-order valence-electron chi connectivity index (χ4n) is 1.12. The number of aliphatic imine (C=N–C) groups is 1. The van der Waals surface area contributed by atoms with E-state index < -0.39 is 0 Å². The maximum Gasteiger partial charge on any atom is 0.0841 e. The summed E-state index contributed by atoms with van der Waals surface area (Å²) in [4.78, 5) is 4.24. The molecule has 0 saturated heterocycles. The average Bonchev–Trinajstić information content (AvgIpc) is 2.05. The highest BCUT2D eigenvalue weighted by Crippen LogP contribution is 2.24. The van der Waals surface area contributed by atoms with E-state index in [2.05, 4.69) is 35.5 Å². The van der Waals surface area contributed by atoms with E-state index in [-0.39, 0.29) is 0 Å². The molecule has 0 spiro atoms. The smallest absolute Gasteiger partial charge is 0.0841 e. The van der Waals surface area contributed by atoms with Crippen LogP contribution >= 0.6 is 11.8 Å². The van der Waals surface area contributed by atoms with Gasteiger partial charge in [-0.15, -0.1) is 11.8 Å². The fourth-order valence-corrected chi connectivity index (χ4v) is 2.01. The number of allylic oxidation sites excluding steroid dienone is 2. The van der Waals surface area contributed by atoms with Crippen LogP contribution in [0.25, 0.3) is 0 Å². The highest BCUT2D eigenvalue weighted by Gasteiger charge is 2.19. The van der Waals surface area contributed by atoms with Crippen molar-refractivity contribution in [3.05, 3.63) is 24.3 Å². The van der Waals surface area contributed by atoms with E-state index in [1.165, 1.54) is 0 Å². The Balaban J connectivity index is 2.21. The topological polar surface area (TPSA) is 12.4 Å². The molecule has 0 aromatic heterocycles. The Bertz CT molecular complexity index is 205. The van der Waals surface area contributed by atoms with Crippen LogP contribution in [0, 0.1) is 0 Å². The number of thioether (sulfide) groups is 1. The van der Waals surface area contributed by atoms with Gasteiger partial charge in [0.1, 0.15) is 0 Å². The fraction of sp³-hybridized carbons (Fsp3) is 0.375. The lowest BCUT2D eigenvalue weighted by atomic mass is 10.1. The average molecular weight is 150 g/mol. The summed E-state index contributed by atoms with van der Waals surface area (Å²) in [6, 6.07) is 0.365. The van der Waals surface area contributed by atoms with Gasteiger partial charge < -0.3 is 0 Å². The van der Waals surface area contributed by atoms with Crippen molar-refractivity contribution in [2.24, 2.45) is 4.99 Å². The van der Waals surface area contributed by atoms with E-state index >= 15 is 0 Å². The van der Waals surface area contributed by atoms with Gasteiger partial charge in [0.15, 0.2) is 0 Å². The number of fused-ring (bicyclic) bond motifs is 1. The van der Waals surface area contributed by atoms with Gasteiger partial charge in [0.05, 0.1) is 12.3 Å². The summed E-state index contributed by atoms with van der Waals surface area (Å²) in [6.45, 7) is 0. The number of rotatable bonds is 0. The van der Waals surface area contributed by atoms with E-state index in [9.17, 15) is 0 Å². The molecule has 1 radical (unpaired) electrons. The van der Waals surface area contributed by atoms with Crippen LogP contribution in [0.5, 0.6) is 0 Å². The molecule has 0 amide bonds. The monoisotopic (exact) mass is 150 g/mol. The number of nitrogens with zero attached hydrogens (tertiary/aromatic N) is 1. The first kappa shape index (κ1) is 6.23. The molecule has 2 atom stereocenters. The molecule has 2 heteroatoms. The van der Waals surface area contributed by atoms with Crippen LogP contribution in [0.1, 0.15) is 0 Å². The second-order valence-electron chi connectivity index (χ2n) is 2.32. The third-order valence-corrected chi connectivity index (χ3v) is 2.75. The predicted octanol–water partition coefficient (Wildman–Crippen LogP) is 1.54. The molecule has 1 aliphatic carbocycles. The van der Waals surface area contributed by atoms with E-state index in [1.54, 1.807) is 0 Å². The normalized spacial score (nSPS) is 36.0. The van der Waals surface area contributed by atoms with Gasteiger partial charge in [-0.1, -0.05) is 24.3 Å². The van der Waals surface area contributed by atoms with Crippen molar-refractivity contribution >= 4 is 18.0 Å². The summed E-state index contributed by atoms with van der Waals surface area (Å²) in [6.07, 6.45) is 11.5. The Hall–Kier alpha value is -0.500. The standard InChI is InChI=1S/C8H8NS/c1-2-4-8-7(3-1)9-5-6-10-8/h1-4,7-8H,6H2. The molecular weight excluding hydrogens is 142 g/mol. The molecule has 1 aliphatic heterocycles.